The third-order valence-corrected chi connectivity index (χ3v) is 5.17. The third kappa shape index (κ3) is 3.27. The van der Waals surface area contributed by atoms with Crippen molar-refractivity contribution in [3.05, 3.63) is 103 Å². The molecule has 0 amide bonds. The lowest BCUT2D eigenvalue weighted by molar-refractivity contribution is -0.657. The highest BCUT2D eigenvalue weighted by molar-refractivity contribution is 6.10. The predicted octanol–water partition coefficient (Wildman–Crippen LogP) is 2.32. The van der Waals surface area contributed by atoms with Gasteiger partial charge in [0.15, 0.2) is 6.20 Å². The highest BCUT2D eigenvalue weighted by atomic mass is 127. The number of Topliss-reactive ketones (excluding diaryl/α,β-unsaturated/α-hetero) is 1. The number of carbonyl (C=O) groups excluding carboxylic acids is 1. The summed E-state index contributed by atoms with van der Waals surface area (Å²) in [6.45, 7) is 0.331. The molecule has 0 saturated heterocycles. The SMILES string of the molecule is O=C(C[n+]1cccc2ccccc21)c1ccc2ccc3ccccc3c2c1.[I-]. The van der Waals surface area contributed by atoms with Crippen molar-refractivity contribution in [1.82, 2.24) is 0 Å². The number of fused-ring (bicyclic) bond motifs is 4. The first kappa shape index (κ1) is 18.6. The molecule has 0 spiro atoms. The van der Waals surface area contributed by atoms with Crippen molar-refractivity contribution in [3.8, 4) is 0 Å². The third-order valence-electron chi connectivity index (χ3n) is 5.17. The van der Waals surface area contributed by atoms with Gasteiger partial charge in [-0.3, -0.25) is 4.79 Å². The molecule has 4 aromatic carbocycles. The molecule has 0 atom stereocenters. The van der Waals surface area contributed by atoms with Crippen molar-refractivity contribution in [3.63, 3.8) is 0 Å². The smallest absolute Gasteiger partial charge is 0.227 e. The van der Waals surface area contributed by atoms with Gasteiger partial charge in [-0.2, -0.15) is 4.57 Å². The molecule has 2 nitrogen and oxygen atoms in total. The number of hydrogen-bond donors (Lipinski definition) is 0. The van der Waals surface area contributed by atoms with Gasteiger partial charge in [-0.05, 0) is 39.7 Å². The molecule has 1 heterocycles. The largest absolute Gasteiger partial charge is 1.00 e. The molecule has 1 aromatic heterocycles. The van der Waals surface area contributed by atoms with E-state index in [4.69, 9.17) is 0 Å². The highest BCUT2D eigenvalue weighted by Gasteiger charge is 2.16. The summed E-state index contributed by atoms with van der Waals surface area (Å²) in [6.07, 6.45) is 1.97. The van der Waals surface area contributed by atoms with Gasteiger partial charge in [0, 0.05) is 23.1 Å². The second-order valence-corrected chi connectivity index (χ2v) is 6.84. The van der Waals surface area contributed by atoms with Crippen molar-refractivity contribution in [2.45, 2.75) is 6.54 Å². The van der Waals surface area contributed by atoms with Gasteiger partial charge < -0.3 is 24.0 Å². The number of carbonyl (C=O) groups is 1. The summed E-state index contributed by atoms with van der Waals surface area (Å²) in [5.41, 5.74) is 1.82. The molecule has 3 heteroatoms. The molecule has 5 rings (SSSR count). The van der Waals surface area contributed by atoms with Gasteiger partial charge in [0.25, 0.3) is 0 Å². The van der Waals surface area contributed by atoms with E-state index >= 15 is 0 Å². The Morgan fingerprint density at radius 2 is 1.32 bits per heavy atom. The van der Waals surface area contributed by atoms with Gasteiger partial charge in [0.2, 0.25) is 17.8 Å². The Bertz CT molecular complexity index is 1320. The molecule has 0 aliphatic carbocycles. The predicted molar refractivity (Wildman–Crippen MR) is 110 cm³/mol. The Balaban J connectivity index is 0.00000192. The zero-order chi connectivity index (χ0) is 18.2. The van der Waals surface area contributed by atoms with Crippen LogP contribution in [0.3, 0.4) is 0 Å². The molecule has 0 unspecified atom stereocenters. The minimum Gasteiger partial charge on any atom is -1.00 e. The van der Waals surface area contributed by atoms with E-state index in [-0.39, 0.29) is 29.8 Å². The molecule has 0 aliphatic heterocycles. The second kappa shape index (κ2) is 7.68. The normalized spacial score (nSPS) is 10.9. The van der Waals surface area contributed by atoms with Crippen molar-refractivity contribution < 1.29 is 33.3 Å². The van der Waals surface area contributed by atoms with Crippen LogP contribution in [0.1, 0.15) is 10.4 Å². The quantitative estimate of drug-likeness (QED) is 0.170. The van der Waals surface area contributed by atoms with Crippen LogP contribution in [0, 0.1) is 0 Å². The number of para-hydroxylation sites is 1. The zero-order valence-electron chi connectivity index (χ0n) is 15.2. The van der Waals surface area contributed by atoms with Crippen molar-refractivity contribution in [2.75, 3.05) is 0 Å². The van der Waals surface area contributed by atoms with Gasteiger partial charge in [-0.15, -0.1) is 0 Å². The van der Waals surface area contributed by atoms with E-state index in [1.165, 1.54) is 10.8 Å². The first-order valence-corrected chi connectivity index (χ1v) is 9.11. The minimum atomic E-state index is 0. The fraction of sp³-hybridized carbons (Fsp3) is 0.0400. The van der Waals surface area contributed by atoms with Crippen LogP contribution in [-0.4, -0.2) is 5.78 Å². The van der Waals surface area contributed by atoms with Crippen LogP contribution in [0.4, 0.5) is 0 Å². The fourth-order valence-corrected chi connectivity index (χ4v) is 3.78. The van der Waals surface area contributed by atoms with Crippen molar-refractivity contribution in [1.29, 1.82) is 0 Å². The lowest BCUT2D eigenvalue weighted by Crippen LogP contribution is -3.00. The molecule has 28 heavy (non-hydrogen) atoms. The molecular weight excluding hydrogens is 457 g/mol. The van der Waals surface area contributed by atoms with E-state index in [0.29, 0.717) is 6.54 Å². The van der Waals surface area contributed by atoms with Crippen LogP contribution in [0.2, 0.25) is 0 Å². The molecule has 0 fully saturated rings. The molecular formula is C25H18INO. The van der Waals surface area contributed by atoms with E-state index in [1.807, 2.05) is 59.3 Å². The van der Waals surface area contributed by atoms with Gasteiger partial charge >= 0.3 is 0 Å². The standard InChI is InChI=1S/C25H18NO.HI/c27-25(17-26-15-5-8-20-7-2-4-10-24(20)26)21-14-13-19-12-11-18-6-1-3-9-22(18)23(19)16-21;/h1-16H,17H2;1H/q+1;/p-1. The number of aromatic nitrogens is 1. The average molecular weight is 475 g/mol. The number of rotatable bonds is 3. The second-order valence-electron chi connectivity index (χ2n) is 6.84. The maximum Gasteiger partial charge on any atom is 0.227 e. The summed E-state index contributed by atoms with van der Waals surface area (Å²) in [5, 5.41) is 5.79. The van der Waals surface area contributed by atoms with Crippen LogP contribution in [-0.2, 0) is 6.54 Å². The fourth-order valence-electron chi connectivity index (χ4n) is 3.78. The molecule has 136 valence electrons. The first-order valence-electron chi connectivity index (χ1n) is 9.11. The topological polar surface area (TPSA) is 20.9 Å². The Labute approximate surface area is 180 Å². The maximum atomic E-state index is 13.0. The summed E-state index contributed by atoms with van der Waals surface area (Å²) in [4.78, 5) is 13.0. The van der Waals surface area contributed by atoms with E-state index in [0.717, 1.165) is 27.2 Å². The first-order chi connectivity index (χ1) is 13.3. The number of pyridine rings is 1. The summed E-state index contributed by atoms with van der Waals surface area (Å²) < 4.78 is 2.02. The number of halogens is 1. The number of benzene rings is 4. The number of hydrogen-bond acceptors (Lipinski definition) is 1. The molecule has 0 bridgehead atoms. The Morgan fingerprint density at radius 1 is 0.679 bits per heavy atom. The zero-order valence-corrected chi connectivity index (χ0v) is 17.3. The lowest BCUT2D eigenvalue weighted by atomic mass is 9.98. The Kier molecular flexibility index (Phi) is 5.09. The summed E-state index contributed by atoms with van der Waals surface area (Å²) in [6, 6.07) is 30.8. The monoisotopic (exact) mass is 475 g/mol. The van der Waals surface area contributed by atoms with Gasteiger partial charge in [0.1, 0.15) is 0 Å². The molecule has 0 aliphatic rings. The molecule has 0 radical (unpaired) electrons. The average Bonchev–Trinajstić information content (AvgIpc) is 2.73. The Hall–Kier alpha value is -2.79. The number of ketones is 1. The van der Waals surface area contributed by atoms with Gasteiger partial charge in [-0.1, -0.05) is 60.7 Å². The molecule has 0 saturated carbocycles. The van der Waals surface area contributed by atoms with E-state index in [9.17, 15) is 4.79 Å². The van der Waals surface area contributed by atoms with Crippen molar-refractivity contribution in [2.24, 2.45) is 0 Å². The summed E-state index contributed by atoms with van der Waals surface area (Å²) in [5.74, 6) is 0.117. The lowest BCUT2D eigenvalue weighted by Gasteiger charge is -2.06. The van der Waals surface area contributed by atoms with Crippen LogP contribution in [0.25, 0.3) is 32.4 Å². The minimum absolute atomic E-state index is 0. The van der Waals surface area contributed by atoms with Crippen LogP contribution in [0.15, 0.2) is 97.2 Å². The maximum absolute atomic E-state index is 13.0. The van der Waals surface area contributed by atoms with Gasteiger partial charge in [-0.25, -0.2) is 0 Å². The highest BCUT2D eigenvalue weighted by Crippen LogP contribution is 2.26. The van der Waals surface area contributed by atoms with Crippen LogP contribution >= 0.6 is 0 Å². The Morgan fingerprint density at radius 3 is 2.18 bits per heavy atom. The van der Waals surface area contributed by atoms with Gasteiger partial charge in [0.05, 0.1) is 0 Å². The summed E-state index contributed by atoms with van der Waals surface area (Å²) in [7, 11) is 0. The van der Waals surface area contributed by atoms with Crippen LogP contribution < -0.4 is 28.5 Å². The summed E-state index contributed by atoms with van der Waals surface area (Å²) >= 11 is 0. The van der Waals surface area contributed by atoms with E-state index in [1.54, 1.807) is 0 Å². The molecule has 0 N–H and O–H groups in total. The van der Waals surface area contributed by atoms with Crippen molar-refractivity contribution >= 4 is 38.2 Å². The molecule has 5 aromatic rings. The van der Waals surface area contributed by atoms with Crippen LogP contribution in [0.5, 0.6) is 0 Å². The van der Waals surface area contributed by atoms with E-state index < -0.39 is 0 Å². The number of nitrogens with zero attached hydrogens (tertiary/aromatic N) is 1. The van der Waals surface area contributed by atoms with E-state index in [2.05, 4.69) is 42.5 Å².